The number of fused-ring (bicyclic) bond motifs is 1. The second-order valence-electron chi connectivity index (χ2n) is 4.46. The van der Waals surface area contributed by atoms with Gasteiger partial charge in [-0.3, -0.25) is 0 Å². The van der Waals surface area contributed by atoms with Crippen LogP contribution in [0.1, 0.15) is 5.56 Å². The fraction of sp³-hybridized carbons (Fsp3) is 0. The van der Waals surface area contributed by atoms with Gasteiger partial charge in [0, 0.05) is 22.7 Å². The number of rotatable bonds is 4. The second-order valence-corrected chi connectivity index (χ2v) is 6.12. The Balaban J connectivity index is 1.81. The first-order valence-corrected chi connectivity index (χ1v) is 7.81. The highest BCUT2D eigenvalue weighted by atomic mass is 32.2. The van der Waals surface area contributed by atoms with Crippen molar-refractivity contribution in [3.05, 3.63) is 66.4 Å². The highest BCUT2D eigenvalue weighted by Crippen LogP contribution is 2.15. The molecule has 3 rings (SSSR count). The zero-order valence-corrected chi connectivity index (χ0v) is 11.8. The summed E-state index contributed by atoms with van der Waals surface area (Å²) >= 11 is 0. The van der Waals surface area contributed by atoms with Crippen molar-refractivity contribution >= 4 is 27.1 Å². The molecule has 3 aromatic rings. The van der Waals surface area contributed by atoms with Gasteiger partial charge in [-0.1, -0.05) is 36.4 Å². The minimum absolute atomic E-state index is 0.182. The SMILES string of the molecule is O=S(=O)(NN=Cc1c[nH]c2ccccc12)c1ccccc1. The summed E-state index contributed by atoms with van der Waals surface area (Å²) in [5.74, 6) is 0. The van der Waals surface area contributed by atoms with Gasteiger partial charge in [-0.05, 0) is 18.2 Å². The summed E-state index contributed by atoms with van der Waals surface area (Å²) in [5, 5.41) is 4.82. The number of hydrazone groups is 1. The topological polar surface area (TPSA) is 74.3 Å². The Morgan fingerprint density at radius 2 is 1.71 bits per heavy atom. The molecule has 0 fully saturated rings. The number of hydrogen-bond acceptors (Lipinski definition) is 3. The molecule has 0 saturated heterocycles. The van der Waals surface area contributed by atoms with Crippen molar-refractivity contribution in [2.75, 3.05) is 0 Å². The highest BCUT2D eigenvalue weighted by Gasteiger charge is 2.11. The molecule has 0 aliphatic heterocycles. The van der Waals surface area contributed by atoms with E-state index < -0.39 is 10.0 Å². The van der Waals surface area contributed by atoms with Gasteiger partial charge in [0.25, 0.3) is 10.0 Å². The molecule has 1 heterocycles. The molecule has 0 bridgehead atoms. The number of benzene rings is 2. The van der Waals surface area contributed by atoms with E-state index in [1.807, 2.05) is 24.3 Å². The minimum Gasteiger partial charge on any atom is -0.361 e. The Kier molecular flexibility index (Phi) is 3.45. The van der Waals surface area contributed by atoms with Crippen LogP contribution in [0, 0.1) is 0 Å². The number of aromatic nitrogens is 1. The van der Waals surface area contributed by atoms with Crippen LogP contribution in [0.15, 0.2) is 70.8 Å². The molecular formula is C15H13N3O2S. The molecule has 1 aromatic heterocycles. The lowest BCUT2D eigenvalue weighted by Gasteiger charge is -2.02. The predicted molar refractivity (Wildman–Crippen MR) is 82.7 cm³/mol. The van der Waals surface area contributed by atoms with Gasteiger partial charge >= 0.3 is 0 Å². The van der Waals surface area contributed by atoms with E-state index in [2.05, 4.69) is 14.9 Å². The fourth-order valence-electron chi connectivity index (χ4n) is 2.02. The molecule has 0 radical (unpaired) electrons. The third-order valence-electron chi connectivity index (χ3n) is 3.05. The van der Waals surface area contributed by atoms with Crippen molar-refractivity contribution in [3.8, 4) is 0 Å². The van der Waals surface area contributed by atoms with Gasteiger partial charge in [0.05, 0.1) is 11.1 Å². The van der Waals surface area contributed by atoms with E-state index in [0.717, 1.165) is 16.5 Å². The first kappa shape index (κ1) is 13.4. The number of hydrogen-bond donors (Lipinski definition) is 2. The van der Waals surface area contributed by atoms with Gasteiger partial charge < -0.3 is 4.98 Å². The lowest BCUT2D eigenvalue weighted by Crippen LogP contribution is -2.18. The summed E-state index contributed by atoms with van der Waals surface area (Å²) < 4.78 is 24.0. The summed E-state index contributed by atoms with van der Waals surface area (Å²) in [5.41, 5.74) is 1.80. The Hall–Kier alpha value is -2.60. The summed E-state index contributed by atoms with van der Waals surface area (Å²) in [7, 11) is -3.62. The van der Waals surface area contributed by atoms with E-state index >= 15 is 0 Å². The Labute approximate surface area is 122 Å². The Morgan fingerprint density at radius 1 is 1.00 bits per heavy atom. The van der Waals surface area contributed by atoms with E-state index in [1.54, 1.807) is 24.4 Å². The van der Waals surface area contributed by atoms with Crippen LogP contribution in [-0.4, -0.2) is 19.6 Å². The van der Waals surface area contributed by atoms with Crippen LogP contribution in [0.3, 0.4) is 0 Å². The van der Waals surface area contributed by atoms with Gasteiger partial charge in [-0.25, -0.2) is 4.83 Å². The molecule has 0 saturated carbocycles. The molecule has 21 heavy (non-hydrogen) atoms. The summed E-state index contributed by atoms with van der Waals surface area (Å²) in [6.07, 6.45) is 3.27. The molecule has 0 aliphatic carbocycles. The third-order valence-corrected chi connectivity index (χ3v) is 4.29. The molecular weight excluding hydrogens is 286 g/mol. The van der Waals surface area contributed by atoms with Gasteiger partial charge in [0.15, 0.2) is 0 Å². The van der Waals surface area contributed by atoms with Crippen LogP contribution in [0.2, 0.25) is 0 Å². The monoisotopic (exact) mass is 299 g/mol. The van der Waals surface area contributed by atoms with Crippen LogP contribution >= 0.6 is 0 Å². The summed E-state index contributed by atoms with van der Waals surface area (Å²) in [6, 6.07) is 15.9. The average Bonchev–Trinajstić information content (AvgIpc) is 2.92. The highest BCUT2D eigenvalue weighted by molar-refractivity contribution is 7.89. The molecule has 0 aliphatic rings. The molecule has 0 unspecified atom stereocenters. The van der Waals surface area contributed by atoms with Crippen molar-refractivity contribution in [2.45, 2.75) is 4.90 Å². The standard InChI is InChI=1S/C15H13N3O2S/c19-21(20,13-6-2-1-3-7-13)18-17-11-12-10-16-15-9-5-4-8-14(12)15/h1-11,16,18H. The fourth-order valence-corrected chi connectivity index (χ4v) is 2.83. The minimum atomic E-state index is -3.62. The lowest BCUT2D eigenvalue weighted by atomic mass is 10.2. The summed E-state index contributed by atoms with van der Waals surface area (Å²) in [4.78, 5) is 5.49. The van der Waals surface area contributed by atoms with Crippen molar-refractivity contribution in [1.82, 2.24) is 9.82 Å². The lowest BCUT2D eigenvalue weighted by molar-refractivity contribution is 0.584. The van der Waals surface area contributed by atoms with Gasteiger partial charge in [0.1, 0.15) is 0 Å². The van der Waals surface area contributed by atoms with Gasteiger partial charge in [-0.15, -0.1) is 0 Å². The van der Waals surface area contributed by atoms with E-state index in [9.17, 15) is 8.42 Å². The normalized spacial score (nSPS) is 12.0. The molecule has 2 aromatic carbocycles. The van der Waals surface area contributed by atoms with E-state index in [1.165, 1.54) is 18.3 Å². The zero-order valence-electron chi connectivity index (χ0n) is 11.0. The number of nitrogens with zero attached hydrogens (tertiary/aromatic N) is 1. The molecule has 5 nitrogen and oxygen atoms in total. The maximum atomic E-state index is 12.0. The van der Waals surface area contributed by atoms with E-state index in [-0.39, 0.29) is 4.90 Å². The van der Waals surface area contributed by atoms with Crippen LogP contribution in [0.4, 0.5) is 0 Å². The van der Waals surface area contributed by atoms with Crippen molar-refractivity contribution in [3.63, 3.8) is 0 Å². The van der Waals surface area contributed by atoms with E-state index in [0.29, 0.717) is 0 Å². The maximum absolute atomic E-state index is 12.0. The second kappa shape index (κ2) is 5.41. The predicted octanol–water partition coefficient (Wildman–Crippen LogP) is 2.48. The zero-order chi connectivity index (χ0) is 14.7. The average molecular weight is 299 g/mol. The number of H-pyrrole nitrogens is 1. The van der Waals surface area contributed by atoms with Crippen LogP contribution in [0.25, 0.3) is 10.9 Å². The quantitative estimate of drug-likeness (QED) is 0.573. The van der Waals surface area contributed by atoms with Gasteiger partial charge in [-0.2, -0.15) is 13.5 Å². The Bertz CT molecular complexity index is 883. The number of sulfonamides is 1. The smallest absolute Gasteiger partial charge is 0.276 e. The van der Waals surface area contributed by atoms with Gasteiger partial charge in [0.2, 0.25) is 0 Å². The molecule has 0 atom stereocenters. The number of aromatic amines is 1. The molecule has 0 amide bonds. The van der Waals surface area contributed by atoms with Crippen LogP contribution < -0.4 is 4.83 Å². The Morgan fingerprint density at radius 3 is 2.52 bits per heavy atom. The molecule has 6 heteroatoms. The van der Waals surface area contributed by atoms with Crippen molar-refractivity contribution in [1.29, 1.82) is 0 Å². The first-order chi connectivity index (χ1) is 10.2. The largest absolute Gasteiger partial charge is 0.361 e. The van der Waals surface area contributed by atoms with Crippen molar-refractivity contribution in [2.24, 2.45) is 5.10 Å². The molecule has 106 valence electrons. The van der Waals surface area contributed by atoms with Crippen LogP contribution in [0.5, 0.6) is 0 Å². The van der Waals surface area contributed by atoms with Crippen molar-refractivity contribution < 1.29 is 8.42 Å². The maximum Gasteiger partial charge on any atom is 0.276 e. The van der Waals surface area contributed by atoms with E-state index in [4.69, 9.17) is 0 Å². The molecule has 2 N–H and O–H groups in total. The first-order valence-electron chi connectivity index (χ1n) is 6.33. The molecule has 0 spiro atoms. The third kappa shape index (κ3) is 2.80. The van der Waals surface area contributed by atoms with Crippen LogP contribution in [-0.2, 0) is 10.0 Å². The summed E-state index contributed by atoms with van der Waals surface area (Å²) in [6.45, 7) is 0. The number of nitrogens with one attached hydrogen (secondary N) is 2. The number of para-hydroxylation sites is 1.